The van der Waals surface area contributed by atoms with Gasteiger partial charge in [-0.25, -0.2) is 9.89 Å². The van der Waals surface area contributed by atoms with Crippen molar-refractivity contribution in [2.24, 2.45) is 0 Å². The largest absolute Gasteiger partial charge is 0.497 e. The fourth-order valence-corrected chi connectivity index (χ4v) is 3.07. The predicted octanol–water partition coefficient (Wildman–Crippen LogP) is 1.78. The van der Waals surface area contributed by atoms with Gasteiger partial charge in [-0.15, -0.1) is 0 Å². The van der Waals surface area contributed by atoms with Crippen molar-refractivity contribution in [2.75, 3.05) is 20.2 Å². The normalized spacial score (nSPS) is 18.0. The van der Waals surface area contributed by atoms with Crippen LogP contribution in [0.15, 0.2) is 23.0 Å². The minimum absolute atomic E-state index is 0.0210. The van der Waals surface area contributed by atoms with Gasteiger partial charge in [-0.2, -0.15) is 5.10 Å². The van der Waals surface area contributed by atoms with Crippen LogP contribution in [0.1, 0.15) is 34.9 Å². The first-order chi connectivity index (χ1) is 11.1. The molecule has 0 radical (unpaired) electrons. The van der Waals surface area contributed by atoms with Crippen LogP contribution in [0.5, 0.6) is 5.75 Å². The zero-order valence-electron chi connectivity index (χ0n) is 12.6. The zero-order valence-corrected chi connectivity index (χ0v) is 13.4. The molecule has 3 rings (SSSR count). The molecule has 23 heavy (non-hydrogen) atoms. The van der Waals surface area contributed by atoms with Crippen molar-refractivity contribution in [3.05, 3.63) is 45.1 Å². The Kier molecular flexibility index (Phi) is 4.38. The molecule has 1 aliphatic rings. The molecule has 7 nitrogen and oxygen atoms in total. The smallest absolute Gasteiger partial charge is 0.340 e. The van der Waals surface area contributed by atoms with Crippen molar-refractivity contribution in [2.45, 2.75) is 18.8 Å². The third-order valence-corrected chi connectivity index (χ3v) is 4.19. The number of carbonyl (C=O) groups excluding carboxylic acids is 1. The fraction of sp³-hybridized carbons (Fsp3) is 0.400. The van der Waals surface area contributed by atoms with E-state index in [0.29, 0.717) is 35.2 Å². The third-order valence-electron chi connectivity index (χ3n) is 3.97. The summed E-state index contributed by atoms with van der Waals surface area (Å²) in [5.74, 6) is 1.06. The molecule has 2 heterocycles. The number of aromatic amines is 2. The summed E-state index contributed by atoms with van der Waals surface area (Å²) < 4.78 is 5.16. The van der Waals surface area contributed by atoms with Crippen LogP contribution in [0.25, 0.3) is 0 Å². The molecule has 1 aromatic carbocycles. The number of amides is 1. The van der Waals surface area contributed by atoms with Crippen LogP contribution in [0, 0.1) is 0 Å². The van der Waals surface area contributed by atoms with Crippen LogP contribution in [-0.4, -0.2) is 46.2 Å². The number of piperidine rings is 1. The number of likely N-dealkylation sites (tertiary alicyclic amines) is 1. The van der Waals surface area contributed by atoms with Gasteiger partial charge in [0, 0.05) is 29.6 Å². The highest BCUT2D eigenvalue weighted by molar-refractivity contribution is 6.31. The lowest BCUT2D eigenvalue weighted by atomic mass is 9.96. The maximum atomic E-state index is 12.7. The highest BCUT2D eigenvalue weighted by Crippen LogP contribution is 2.27. The van der Waals surface area contributed by atoms with Gasteiger partial charge in [-0.1, -0.05) is 11.6 Å². The number of nitrogens with zero attached hydrogens (tertiary/aromatic N) is 2. The zero-order chi connectivity index (χ0) is 16.4. The molecule has 1 saturated heterocycles. The molecular weight excluding hydrogens is 320 g/mol. The Hall–Kier alpha value is -2.28. The predicted molar refractivity (Wildman–Crippen MR) is 85.1 cm³/mol. The Morgan fingerprint density at radius 1 is 1.43 bits per heavy atom. The van der Waals surface area contributed by atoms with Gasteiger partial charge in [0.1, 0.15) is 11.6 Å². The van der Waals surface area contributed by atoms with E-state index in [4.69, 9.17) is 16.3 Å². The number of rotatable bonds is 3. The van der Waals surface area contributed by atoms with Crippen LogP contribution in [0.4, 0.5) is 0 Å². The number of hydrogen-bond acceptors (Lipinski definition) is 4. The van der Waals surface area contributed by atoms with Crippen molar-refractivity contribution in [3.63, 3.8) is 0 Å². The molecule has 1 aromatic heterocycles. The van der Waals surface area contributed by atoms with Gasteiger partial charge in [0.2, 0.25) is 0 Å². The number of halogens is 1. The molecule has 0 aliphatic carbocycles. The monoisotopic (exact) mass is 336 g/mol. The van der Waals surface area contributed by atoms with Crippen molar-refractivity contribution in [3.8, 4) is 5.75 Å². The number of H-pyrrole nitrogens is 2. The molecule has 1 fully saturated rings. The van der Waals surface area contributed by atoms with E-state index in [1.165, 1.54) is 7.11 Å². The number of methoxy groups -OCH3 is 1. The molecule has 0 bridgehead atoms. The van der Waals surface area contributed by atoms with Gasteiger partial charge in [-0.05, 0) is 31.0 Å². The van der Waals surface area contributed by atoms with Gasteiger partial charge in [0.25, 0.3) is 5.91 Å². The van der Waals surface area contributed by atoms with Crippen LogP contribution in [0.2, 0.25) is 5.02 Å². The summed E-state index contributed by atoms with van der Waals surface area (Å²) in [5.41, 5.74) is 0.161. The van der Waals surface area contributed by atoms with E-state index < -0.39 is 0 Å². The summed E-state index contributed by atoms with van der Waals surface area (Å²) in [4.78, 5) is 28.3. The second-order valence-electron chi connectivity index (χ2n) is 5.53. The molecular formula is C15H17ClN4O3. The molecule has 0 saturated carbocycles. The summed E-state index contributed by atoms with van der Waals surface area (Å²) in [5, 5.41) is 6.80. The lowest BCUT2D eigenvalue weighted by molar-refractivity contribution is 0.0704. The maximum absolute atomic E-state index is 12.7. The van der Waals surface area contributed by atoms with E-state index in [1.54, 1.807) is 23.1 Å². The van der Waals surface area contributed by atoms with Crippen LogP contribution in [0.3, 0.4) is 0 Å². The number of aromatic nitrogens is 3. The highest BCUT2D eigenvalue weighted by Gasteiger charge is 2.27. The fourth-order valence-electron chi connectivity index (χ4n) is 2.85. The van der Waals surface area contributed by atoms with E-state index in [9.17, 15) is 9.59 Å². The Balaban J connectivity index is 1.79. The SMILES string of the molecule is COc1cc(Cl)cc(C(=O)N2CCC[C@@H](c3n[nH]c(=O)[nH]3)C2)c1. The second-order valence-corrected chi connectivity index (χ2v) is 5.97. The minimum atomic E-state index is -0.331. The van der Waals surface area contributed by atoms with Gasteiger partial charge >= 0.3 is 5.69 Å². The molecule has 0 unspecified atom stereocenters. The number of benzene rings is 1. The summed E-state index contributed by atoms with van der Waals surface area (Å²) in [6.45, 7) is 1.17. The highest BCUT2D eigenvalue weighted by atomic mass is 35.5. The summed E-state index contributed by atoms with van der Waals surface area (Å²) in [6, 6.07) is 4.96. The van der Waals surface area contributed by atoms with Crippen LogP contribution < -0.4 is 10.4 Å². The van der Waals surface area contributed by atoms with Crippen molar-refractivity contribution in [1.82, 2.24) is 20.1 Å². The Morgan fingerprint density at radius 2 is 2.26 bits per heavy atom. The van der Waals surface area contributed by atoms with Crippen molar-refractivity contribution in [1.29, 1.82) is 0 Å². The summed E-state index contributed by atoms with van der Waals surface area (Å²) in [7, 11) is 1.53. The molecule has 1 amide bonds. The molecule has 122 valence electrons. The second kappa shape index (κ2) is 6.45. The summed E-state index contributed by atoms with van der Waals surface area (Å²) in [6.07, 6.45) is 1.73. The lowest BCUT2D eigenvalue weighted by Crippen LogP contribution is -2.39. The molecule has 2 N–H and O–H groups in total. The average Bonchev–Trinajstić information content (AvgIpc) is 3.00. The lowest BCUT2D eigenvalue weighted by Gasteiger charge is -2.31. The van der Waals surface area contributed by atoms with E-state index in [-0.39, 0.29) is 17.5 Å². The maximum Gasteiger partial charge on any atom is 0.340 e. The number of ether oxygens (including phenoxy) is 1. The van der Waals surface area contributed by atoms with Gasteiger partial charge in [0.05, 0.1) is 7.11 Å². The van der Waals surface area contributed by atoms with Gasteiger partial charge < -0.3 is 9.64 Å². The van der Waals surface area contributed by atoms with E-state index in [0.717, 1.165) is 12.8 Å². The van der Waals surface area contributed by atoms with E-state index in [1.807, 2.05) is 0 Å². The molecule has 1 atom stereocenters. The first kappa shape index (κ1) is 15.6. The Bertz CT molecular complexity index is 770. The third kappa shape index (κ3) is 3.39. The Morgan fingerprint density at radius 3 is 2.96 bits per heavy atom. The van der Waals surface area contributed by atoms with Crippen LogP contribution in [-0.2, 0) is 0 Å². The van der Waals surface area contributed by atoms with Gasteiger partial charge in [0.15, 0.2) is 0 Å². The quantitative estimate of drug-likeness (QED) is 0.893. The Labute approximate surface area is 137 Å². The minimum Gasteiger partial charge on any atom is -0.497 e. The average molecular weight is 337 g/mol. The van der Waals surface area contributed by atoms with Crippen molar-refractivity contribution >= 4 is 17.5 Å². The molecule has 1 aliphatic heterocycles. The van der Waals surface area contributed by atoms with Gasteiger partial charge in [-0.3, -0.25) is 9.78 Å². The summed E-state index contributed by atoms with van der Waals surface area (Å²) >= 11 is 6.03. The molecule has 2 aromatic rings. The molecule has 8 heteroatoms. The van der Waals surface area contributed by atoms with E-state index in [2.05, 4.69) is 15.2 Å². The van der Waals surface area contributed by atoms with E-state index >= 15 is 0 Å². The van der Waals surface area contributed by atoms with Crippen LogP contribution >= 0.6 is 11.6 Å². The standard InChI is InChI=1S/C15H17ClN4O3/c1-23-12-6-10(5-11(16)7-12)14(21)20-4-2-3-9(8-20)13-17-15(22)19-18-13/h5-7,9H,2-4,8H2,1H3,(H2,17,18,19,22)/t9-/m1/s1. The van der Waals surface area contributed by atoms with Crippen molar-refractivity contribution < 1.29 is 9.53 Å². The number of hydrogen-bond donors (Lipinski definition) is 2. The first-order valence-corrected chi connectivity index (χ1v) is 7.73. The molecule has 0 spiro atoms. The number of carbonyl (C=O) groups is 1. The topological polar surface area (TPSA) is 91.1 Å². The number of nitrogens with one attached hydrogen (secondary N) is 2. The first-order valence-electron chi connectivity index (χ1n) is 7.35.